The fraction of sp³-hybridized carbons (Fsp3) is 0.366. The number of hydrogen-bond acceptors (Lipinski definition) is 8. The maximum Gasteiger partial charge on any atom is 0.267 e. The van der Waals surface area contributed by atoms with E-state index >= 15 is 0 Å². The zero-order valence-electron chi connectivity index (χ0n) is 30.1. The molecular weight excluding hydrogens is 685 g/mol. The van der Waals surface area contributed by atoms with Crippen molar-refractivity contribution < 1.29 is 14.1 Å². The van der Waals surface area contributed by atoms with E-state index in [1.54, 1.807) is 6.92 Å². The SMILES string of the molecule is Cc1nc(C)c(C(=O)Nc2ccc(-n3nc(C4CC4)cc3C3CC3)cc2)s1.Cc1oncc1C(=O)Nc1ccc(-n2nc(C3CC3)cc2C2CC2)cc1. The molecule has 4 fully saturated rings. The maximum atomic E-state index is 12.5. The van der Waals surface area contributed by atoms with Crippen LogP contribution >= 0.6 is 11.3 Å². The van der Waals surface area contributed by atoms with Crippen molar-refractivity contribution in [3.8, 4) is 11.4 Å². The molecule has 0 saturated heterocycles. The first kappa shape index (κ1) is 33.5. The predicted octanol–water partition coefficient (Wildman–Crippen LogP) is 9.13. The molecule has 4 aromatic heterocycles. The molecule has 0 atom stereocenters. The van der Waals surface area contributed by atoms with E-state index in [0.717, 1.165) is 33.5 Å². The first-order valence-corrected chi connectivity index (χ1v) is 19.5. The van der Waals surface area contributed by atoms with E-state index in [0.29, 0.717) is 39.9 Å². The van der Waals surface area contributed by atoms with Crippen LogP contribution in [0.15, 0.2) is 71.4 Å². The van der Waals surface area contributed by atoms with Gasteiger partial charge in [0.05, 0.1) is 39.7 Å². The monoisotopic (exact) mass is 726 g/mol. The van der Waals surface area contributed by atoms with E-state index < -0.39 is 0 Å². The number of benzene rings is 2. The van der Waals surface area contributed by atoms with E-state index in [1.807, 2.05) is 62.4 Å². The van der Waals surface area contributed by atoms with Crippen LogP contribution in [0.1, 0.15) is 134 Å². The summed E-state index contributed by atoms with van der Waals surface area (Å²) < 4.78 is 9.14. The van der Waals surface area contributed by atoms with Crippen LogP contribution in [0.4, 0.5) is 11.4 Å². The molecule has 0 spiro atoms. The third-order valence-corrected chi connectivity index (χ3v) is 11.4. The molecule has 11 nitrogen and oxygen atoms in total. The molecular formula is C41H42N8O3S. The number of anilines is 2. The Hall–Kier alpha value is -5.36. The van der Waals surface area contributed by atoms with Gasteiger partial charge in [-0.3, -0.25) is 9.59 Å². The number of carbonyl (C=O) groups is 2. The van der Waals surface area contributed by atoms with Gasteiger partial charge in [-0.1, -0.05) is 5.16 Å². The van der Waals surface area contributed by atoms with E-state index in [9.17, 15) is 9.59 Å². The van der Waals surface area contributed by atoms with Crippen molar-refractivity contribution in [2.45, 2.75) is 95.8 Å². The summed E-state index contributed by atoms with van der Waals surface area (Å²) in [6, 6.07) is 20.4. The molecule has 10 rings (SSSR count). The summed E-state index contributed by atoms with van der Waals surface area (Å²) in [5.74, 6) is 2.81. The van der Waals surface area contributed by atoms with E-state index in [2.05, 4.69) is 42.3 Å². The number of carbonyl (C=O) groups excluding carboxylic acids is 2. The molecule has 270 valence electrons. The summed E-state index contributed by atoms with van der Waals surface area (Å²) in [4.78, 5) is 29.7. The van der Waals surface area contributed by atoms with Gasteiger partial charge >= 0.3 is 0 Å². The molecule has 2 N–H and O–H groups in total. The van der Waals surface area contributed by atoms with Crippen LogP contribution in [0.3, 0.4) is 0 Å². The van der Waals surface area contributed by atoms with Gasteiger partial charge in [-0.2, -0.15) is 10.2 Å². The summed E-state index contributed by atoms with van der Waals surface area (Å²) in [5.41, 5.74) is 9.99. The van der Waals surface area contributed by atoms with Gasteiger partial charge in [0.1, 0.15) is 16.2 Å². The fourth-order valence-corrected chi connectivity index (χ4v) is 7.57. The normalized spacial score (nSPS) is 16.6. The van der Waals surface area contributed by atoms with Gasteiger partial charge in [-0.25, -0.2) is 14.3 Å². The van der Waals surface area contributed by atoms with Gasteiger partial charge in [0, 0.05) is 46.4 Å². The minimum absolute atomic E-state index is 0.0976. The quantitative estimate of drug-likeness (QED) is 0.144. The lowest BCUT2D eigenvalue weighted by atomic mass is 10.2. The summed E-state index contributed by atoms with van der Waals surface area (Å²) in [6.45, 7) is 5.51. The van der Waals surface area contributed by atoms with Crippen LogP contribution in [0.5, 0.6) is 0 Å². The van der Waals surface area contributed by atoms with E-state index in [-0.39, 0.29) is 11.8 Å². The third-order valence-electron chi connectivity index (χ3n) is 10.3. The molecule has 0 unspecified atom stereocenters. The number of nitrogens with one attached hydrogen (secondary N) is 2. The van der Waals surface area contributed by atoms with Gasteiger partial charge < -0.3 is 15.2 Å². The fourth-order valence-electron chi connectivity index (χ4n) is 6.76. The summed E-state index contributed by atoms with van der Waals surface area (Å²) >= 11 is 1.43. The molecule has 12 heteroatoms. The third kappa shape index (κ3) is 7.33. The first-order valence-electron chi connectivity index (χ1n) is 18.7. The minimum atomic E-state index is -0.217. The van der Waals surface area contributed by atoms with Crippen molar-refractivity contribution in [1.29, 1.82) is 0 Å². The summed E-state index contributed by atoms with van der Waals surface area (Å²) in [7, 11) is 0. The highest BCUT2D eigenvalue weighted by Gasteiger charge is 2.34. The van der Waals surface area contributed by atoms with Crippen molar-refractivity contribution in [3.63, 3.8) is 0 Å². The molecule has 4 saturated carbocycles. The van der Waals surface area contributed by atoms with Crippen LogP contribution in [-0.2, 0) is 0 Å². The zero-order valence-corrected chi connectivity index (χ0v) is 30.9. The number of hydrogen-bond donors (Lipinski definition) is 2. The Bertz CT molecular complexity index is 2300. The van der Waals surface area contributed by atoms with Crippen molar-refractivity contribution in [3.05, 3.63) is 117 Å². The topological polar surface area (TPSA) is 133 Å². The lowest BCUT2D eigenvalue weighted by molar-refractivity contribution is 0.101. The van der Waals surface area contributed by atoms with Gasteiger partial charge in [-0.15, -0.1) is 11.3 Å². The zero-order chi connectivity index (χ0) is 36.2. The maximum absolute atomic E-state index is 12.5. The first-order chi connectivity index (χ1) is 25.8. The second-order valence-corrected chi connectivity index (χ2v) is 16.1. The second-order valence-electron chi connectivity index (χ2n) is 14.9. The molecule has 0 bridgehead atoms. The minimum Gasteiger partial charge on any atom is -0.361 e. The van der Waals surface area contributed by atoms with Crippen LogP contribution < -0.4 is 10.6 Å². The molecule has 4 heterocycles. The Balaban J connectivity index is 0.000000141. The molecule has 2 aromatic carbocycles. The number of aryl methyl sites for hydroxylation is 3. The molecule has 0 aliphatic heterocycles. The number of thiazole rings is 1. The average molecular weight is 727 g/mol. The Morgan fingerprint density at radius 1 is 0.679 bits per heavy atom. The van der Waals surface area contributed by atoms with Gasteiger partial charge in [0.15, 0.2) is 0 Å². The van der Waals surface area contributed by atoms with Crippen LogP contribution in [0.25, 0.3) is 11.4 Å². The highest BCUT2D eigenvalue weighted by molar-refractivity contribution is 7.13. The van der Waals surface area contributed by atoms with Crippen molar-refractivity contribution in [2.75, 3.05) is 10.6 Å². The van der Waals surface area contributed by atoms with Crippen molar-refractivity contribution in [2.24, 2.45) is 0 Å². The van der Waals surface area contributed by atoms with Gasteiger partial charge in [-0.05, 0) is 133 Å². The largest absolute Gasteiger partial charge is 0.361 e. The van der Waals surface area contributed by atoms with Crippen LogP contribution in [0, 0.1) is 20.8 Å². The molecule has 4 aliphatic carbocycles. The van der Waals surface area contributed by atoms with Crippen LogP contribution in [0.2, 0.25) is 0 Å². The Morgan fingerprint density at radius 2 is 1.15 bits per heavy atom. The second kappa shape index (κ2) is 13.6. The standard InChI is InChI=1S/C21H22N4OS.C20H20N4O2/c1-12-20(27-13(2)22-12)21(26)23-16-7-9-17(10-8-16)25-19(15-5-6-15)11-18(24-25)14-3-4-14;1-12-17(11-21-26-12)20(25)22-15-6-8-16(9-7-15)24-19(14-4-5-14)10-18(23-24)13-2-3-13/h7-11,14-15H,3-6H2,1-2H3,(H,23,26);6-11,13-14H,2-5H2,1H3,(H,22,25). The van der Waals surface area contributed by atoms with E-state index in [4.69, 9.17) is 14.7 Å². The summed E-state index contributed by atoms with van der Waals surface area (Å²) in [6.07, 6.45) is 11.5. The molecule has 4 aliphatic rings. The summed E-state index contributed by atoms with van der Waals surface area (Å²) in [5, 5.41) is 20.1. The Kier molecular flexibility index (Phi) is 8.57. The lowest BCUT2D eigenvalue weighted by Gasteiger charge is -2.09. The Labute approximate surface area is 311 Å². The Morgan fingerprint density at radius 3 is 1.55 bits per heavy atom. The lowest BCUT2D eigenvalue weighted by Crippen LogP contribution is -2.12. The highest BCUT2D eigenvalue weighted by atomic mass is 32.1. The van der Waals surface area contributed by atoms with Crippen molar-refractivity contribution >= 4 is 34.5 Å². The highest BCUT2D eigenvalue weighted by Crippen LogP contribution is 2.46. The van der Waals surface area contributed by atoms with E-state index in [1.165, 1.54) is 91.7 Å². The van der Waals surface area contributed by atoms with Crippen LogP contribution in [-0.4, -0.2) is 41.5 Å². The molecule has 2 amide bonds. The number of nitrogens with zero attached hydrogens (tertiary/aromatic N) is 6. The number of amides is 2. The number of rotatable bonds is 10. The molecule has 0 radical (unpaired) electrons. The smallest absolute Gasteiger partial charge is 0.267 e. The van der Waals surface area contributed by atoms with Crippen molar-refractivity contribution in [1.82, 2.24) is 29.7 Å². The average Bonchev–Trinajstić information content (AvgIpc) is 3.97. The van der Waals surface area contributed by atoms with Gasteiger partial charge in [0.2, 0.25) is 0 Å². The predicted molar refractivity (Wildman–Crippen MR) is 204 cm³/mol. The molecule has 6 aromatic rings. The molecule has 53 heavy (non-hydrogen) atoms. The number of aromatic nitrogens is 6. The van der Waals surface area contributed by atoms with Gasteiger partial charge in [0.25, 0.3) is 11.8 Å².